The summed E-state index contributed by atoms with van der Waals surface area (Å²) < 4.78 is 0. The van der Waals surface area contributed by atoms with Crippen LogP contribution in [0.2, 0.25) is 0 Å². The Morgan fingerprint density at radius 2 is 2.32 bits per heavy atom. The average Bonchev–Trinajstić information content (AvgIpc) is 2.89. The zero-order chi connectivity index (χ0) is 13.8. The first-order valence-electron chi connectivity index (χ1n) is 6.95. The van der Waals surface area contributed by atoms with Gasteiger partial charge >= 0.3 is 6.03 Å². The molecule has 1 aromatic carbocycles. The molecule has 1 aliphatic rings. The molecule has 0 saturated carbocycles. The molecule has 4 nitrogen and oxygen atoms in total. The van der Waals surface area contributed by atoms with Crippen LogP contribution >= 0.6 is 0 Å². The van der Waals surface area contributed by atoms with E-state index in [4.69, 9.17) is 5.73 Å². The molecular weight excluding hydrogens is 238 g/mol. The molecule has 1 saturated heterocycles. The molecule has 2 amide bonds. The van der Waals surface area contributed by atoms with Crippen molar-refractivity contribution < 1.29 is 4.79 Å². The Kier molecular flexibility index (Phi) is 4.43. The summed E-state index contributed by atoms with van der Waals surface area (Å²) in [5, 5.41) is 2.95. The topological polar surface area (TPSA) is 58.4 Å². The zero-order valence-corrected chi connectivity index (χ0v) is 11.7. The van der Waals surface area contributed by atoms with E-state index in [0.29, 0.717) is 18.4 Å². The lowest BCUT2D eigenvalue weighted by Gasteiger charge is -2.19. The van der Waals surface area contributed by atoms with E-state index >= 15 is 0 Å². The van der Waals surface area contributed by atoms with Gasteiger partial charge in [-0.3, -0.25) is 0 Å². The number of nitrogens with one attached hydrogen (secondary N) is 1. The minimum absolute atomic E-state index is 0.00248. The van der Waals surface area contributed by atoms with Crippen LogP contribution in [0.25, 0.3) is 0 Å². The molecule has 0 spiro atoms. The number of carbonyl (C=O) groups excluding carboxylic acids is 1. The number of amides is 2. The van der Waals surface area contributed by atoms with Crippen LogP contribution in [0.5, 0.6) is 0 Å². The predicted molar refractivity (Wildman–Crippen MR) is 77.9 cm³/mol. The fraction of sp³-hybridized carbons (Fsp3) is 0.533. The average molecular weight is 261 g/mol. The number of nitrogens with zero attached hydrogens (tertiary/aromatic N) is 1. The number of hydrogen-bond donors (Lipinski definition) is 2. The van der Waals surface area contributed by atoms with E-state index in [1.54, 1.807) is 0 Å². The summed E-state index contributed by atoms with van der Waals surface area (Å²) in [6, 6.07) is 7.69. The summed E-state index contributed by atoms with van der Waals surface area (Å²) >= 11 is 0. The number of anilines is 1. The lowest BCUT2D eigenvalue weighted by Crippen LogP contribution is -2.33. The molecule has 1 fully saturated rings. The smallest absolute Gasteiger partial charge is 0.321 e. The second kappa shape index (κ2) is 6.06. The minimum Gasteiger partial charge on any atom is -0.326 e. The van der Waals surface area contributed by atoms with Crippen LogP contribution in [0.1, 0.15) is 25.8 Å². The molecule has 1 heterocycles. The number of hydrogen-bond acceptors (Lipinski definition) is 2. The maximum Gasteiger partial charge on any atom is 0.321 e. The monoisotopic (exact) mass is 261 g/mol. The fourth-order valence-corrected chi connectivity index (χ4v) is 2.49. The number of likely N-dealkylation sites (tertiary alicyclic amines) is 1. The molecular formula is C15H23N3O. The van der Waals surface area contributed by atoms with Crippen molar-refractivity contribution in [2.75, 3.05) is 18.4 Å². The third kappa shape index (κ3) is 3.47. The van der Waals surface area contributed by atoms with Gasteiger partial charge in [-0.2, -0.15) is 0 Å². The largest absolute Gasteiger partial charge is 0.326 e. The van der Waals surface area contributed by atoms with Crippen LogP contribution in [0, 0.1) is 11.8 Å². The van der Waals surface area contributed by atoms with Gasteiger partial charge in [-0.15, -0.1) is 0 Å². The van der Waals surface area contributed by atoms with Gasteiger partial charge in [0.05, 0.1) is 0 Å². The van der Waals surface area contributed by atoms with Gasteiger partial charge in [-0.25, -0.2) is 4.79 Å². The Labute approximate surface area is 115 Å². The van der Waals surface area contributed by atoms with Crippen molar-refractivity contribution in [3.05, 3.63) is 29.8 Å². The highest BCUT2D eigenvalue weighted by molar-refractivity contribution is 5.89. The molecule has 1 unspecified atom stereocenters. The van der Waals surface area contributed by atoms with Gasteiger partial charge in [0.25, 0.3) is 0 Å². The third-order valence-corrected chi connectivity index (χ3v) is 3.87. The molecule has 0 aliphatic carbocycles. The summed E-state index contributed by atoms with van der Waals surface area (Å²) in [6.45, 7) is 6.64. The van der Waals surface area contributed by atoms with Crippen LogP contribution in [-0.2, 0) is 6.54 Å². The molecule has 0 bridgehead atoms. The normalized spacial score (nSPS) is 18.9. The van der Waals surface area contributed by atoms with Crippen LogP contribution < -0.4 is 11.1 Å². The third-order valence-electron chi connectivity index (χ3n) is 3.87. The molecule has 0 aromatic heterocycles. The zero-order valence-electron chi connectivity index (χ0n) is 11.7. The summed E-state index contributed by atoms with van der Waals surface area (Å²) in [6.07, 6.45) is 1.11. The van der Waals surface area contributed by atoms with Gasteiger partial charge in [-0.05, 0) is 36.0 Å². The highest BCUT2D eigenvalue weighted by atomic mass is 16.2. The van der Waals surface area contributed by atoms with Gasteiger partial charge in [0, 0.05) is 25.3 Å². The lowest BCUT2D eigenvalue weighted by atomic mass is 9.95. The van der Waals surface area contributed by atoms with Crippen molar-refractivity contribution in [2.45, 2.75) is 26.8 Å². The van der Waals surface area contributed by atoms with Crippen LogP contribution in [0.15, 0.2) is 24.3 Å². The minimum atomic E-state index is -0.00248. The number of urea groups is 1. The molecule has 1 atom stereocenters. The molecule has 2 rings (SSSR count). The second-order valence-electron chi connectivity index (χ2n) is 5.57. The first-order chi connectivity index (χ1) is 9.10. The van der Waals surface area contributed by atoms with Gasteiger partial charge in [0.2, 0.25) is 0 Å². The highest BCUT2D eigenvalue weighted by Gasteiger charge is 2.27. The Balaban J connectivity index is 1.94. The SMILES string of the molecule is CC(C)C1CCN(C(=O)Nc2cccc(CN)c2)C1. The Hall–Kier alpha value is -1.55. The first-order valence-corrected chi connectivity index (χ1v) is 6.95. The van der Waals surface area contributed by atoms with Gasteiger partial charge < -0.3 is 16.0 Å². The van der Waals surface area contributed by atoms with Crippen LogP contribution in [0.4, 0.5) is 10.5 Å². The number of nitrogens with two attached hydrogens (primary N) is 1. The van der Waals surface area contributed by atoms with E-state index in [2.05, 4.69) is 19.2 Å². The van der Waals surface area contributed by atoms with Gasteiger partial charge in [0.1, 0.15) is 0 Å². The van der Waals surface area contributed by atoms with E-state index in [9.17, 15) is 4.79 Å². The van der Waals surface area contributed by atoms with Crippen molar-refractivity contribution in [2.24, 2.45) is 17.6 Å². The van der Waals surface area contributed by atoms with E-state index < -0.39 is 0 Å². The molecule has 104 valence electrons. The van der Waals surface area contributed by atoms with Crippen molar-refractivity contribution in [1.29, 1.82) is 0 Å². The predicted octanol–water partition coefficient (Wildman–Crippen LogP) is 2.66. The maximum atomic E-state index is 12.2. The first kappa shape index (κ1) is 13.9. The number of carbonyl (C=O) groups is 1. The number of benzene rings is 1. The van der Waals surface area contributed by atoms with E-state index in [-0.39, 0.29) is 6.03 Å². The van der Waals surface area contributed by atoms with E-state index in [1.165, 1.54) is 0 Å². The Morgan fingerprint density at radius 3 is 2.95 bits per heavy atom. The van der Waals surface area contributed by atoms with E-state index in [0.717, 1.165) is 30.8 Å². The summed E-state index contributed by atoms with van der Waals surface area (Å²) in [4.78, 5) is 14.1. The van der Waals surface area contributed by atoms with E-state index in [1.807, 2.05) is 29.2 Å². The molecule has 1 aliphatic heterocycles. The Bertz CT molecular complexity index is 445. The quantitative estimate of drug-likeness (QED) is 0.878. The molecule has 4 heteroatoms. The summed E-state index contributed by atoms with van der Waals surface area (Å²) in [5.74, 6) is 1.26. The fourth-order valence-electron chi connectivity index (χ4n) is 2.49. The number of rotatable bonds is 3. The highest BCUT2D eigenvalue weighted by Crippen LogP contribution is 2.24. The second-order valence-corrected chi connectivity index (χ2v) is 5.57. The van der Waals surface area contributed by atoms with Crippen LogP contribution in [0.3, 0.4) is 0 Å². The van der Waals surface area contributed by atoms with Gasteiger partial charge in [-0.1, -0.05) is 26.0 Å². The lowest BCUT2D eigenvalue weighted by molar-refractivity contribution is 0.219. The maximum absolute atomic E-state index is 12.2. The standard InChI is InChI=1S/C15H23N3O/c1-11(2)13-6-7-18(10-13)15(19)17-14-5-3-4-12(8-14)9-16/h3-5,8,11,13H,6-7,9-10,16H2,1-2H3,(H,17,19). The summed E-state index contributed by atoms with van der Waals surface area (Å²) in [7, 11) is 0. The molecule has 3 N–H and O–H groups in total. The van der Waals surface area contributed by atoms with Crippen molar-refractivity contribution in [3.63, 3.8) is 0 Å². The van der Waals surface area contributed by atoms with Crippen molar-refractivity contribution in [1.82, 2.24) is 4.90 Å². The van der Waals surface area contributed by atoms with Crippen LogP contribution in [-0.4, -0.2) is 24.0 Å². The molecule has 19 heavy (non-hydrogen) atoms. The molecule has 0 radical (unpaired) electrons. The molecule has 1 aromatic rings. The van der Waals surface area contributed by atoms with Crippen molar-refractivity contribution >= 4 is 11.7 Å². The van der Waals surface area contributed by atoms with Crippen molar-refractivity contribution in [3.8, 4) is 0 Å². The Morgan fingerprint density at radius 1 is 1.53 bits per heavy atom. The van der Waals surface area contributed by atoms with Gasteiger partial charge in [0.15, 0.2) is 0 Å². The summed E-state index contributed by atoms with van der Waals surface area (Å²) in [5.41, 5.74) is 7.45.